The van der Waals surface area contributed by atoms with Crippen LogP contribution in [0.1, 0.15) is 13.3 Å². The predicted octanol–water partition coefficient (Wildman–Crippen LogP) is -0.146. The minimum Gasteiger partial charge on any atom is -0.326 e. The van der Waals surface area contributed by atoms with Crippen LogP contribution in [0.2, 0.25) is 0 Å². The van der Waals surface area contributed by atoms with Crippen LogP contribution in [0.25, 0.3) is 0 Å². The van der Waals surface area contributed by atoms with Crippen molar-refractivity contribution < 1.29 is 4.79 Å². The van der Waals surface area contributed by atoms with E-state index < -0.39 is 0 Å². The molecule has 0 radical (unpaired) electrons. The monoisotopic (exact) mass is 156 g/mol. The Morgan fingerprint density at radius 3 is 2.73 bits per heavy atom. The van der Waals surface area contributed by atoms with Gasteiger partial charge in [-0.05, 0) is 26.9 Å². The molecule has 1 fully saturated rings. The quantitative estimate of drug-likeness (QED) is 0.574. The zero-order chi connectivity index (χ0) is 8.43. The molecule has 3 nitrogen and oxygen atoms in total. The highest BCUT2D eigenvalue weighted by molar-refractivity contribution is 5.79. The number of rotatable bonds is 1. The number of ketones is 1. The molecular weight excluding hydrogens is 140 g/mol. The largest absolute Gasteiger partial charge is 0.326 e. The molecule has 0 aromatic carbocycles. The summed E-state index contributed by atoms with van der Waals surface area (Å²) in [4.78, 5) is 13.2. The number of likely N-dealkylation sites (tertiary alicyclic amines) is 1. The Hall–Kier alpha value is -0.410. The average molecular weight is 156 g/mol. The van der Waals surface area contributed by atoms with Gasteiger partial charge in [0, 0.05) is 18.5 Å². The van der Waals surface area contributed by atoms with Crippen LogP contribution in [0, 0.1) is 5.92 Å². The van der Waals surface area contributed by atoms with Gasteiger partial charge in [-0.2, -0.15) is 0 Å². The van der Waals surface area contributed by atoms with Crippen molar-refractivity contribution in [2.45, 2.75) is 19.4 Å². The summed E-state index contributed by atoms with van der Waals surface area (Å²) in [6, 6.07) is 0.0475. The molecule has 0 bridgehead atoms. The molecule has 64 valence electrons. The molecular formula is C8H16N2O. The molecule has 1 saturated heterocycles. The maximum absolute atomic E-state index is 11.0. The molecule has 0 aliphatic carbocycles. The molecule has 11 heavy (non-hydrogen) atoms. The van der Waals surface area contributed by atoms with Crippen molar-refractivity contribution in [1.82, 2.24) is 4.90 Å². The number of nitrogens with two attached hydrogens (primary N) is 1. The number of carbonyl (C=O) groups excluding carboxylic acids is 1. The zero-order valence-electron chi connectivity index (χ0n) is 7.21. The fourth-order valence-electron chi connectivity index (χ4n) is 1.66. The summed E-state index contributed by atoms with van der Waals surface area (Å²) in [5.41, 5.74) is 5.81. The van der Waals surface area contributed by atoms with Crippen molar-refractivity contribution >= 4 is 5.78 Å². The predicted molar refractivity (Wildman–Crippen MR) is 44.3 cm³/mol. The van der Waals surface area contributed by atoms with Gasteiger partial charge in [-0.15, -0.1) is 0 Å². The van der Waals surface area contributed by atoms with Gasteiger partial charge < -0.3 is 10.6 Å². The number of hydrogen-bond donors (Lipinski definition) is 1. The third-order valence-corrected chi connectivity index (χ3v) is 2.38. The topological polar surface area (TPSA) is 46.3 Å². The second kappa shape index (κ2) is 3.32. The second-order valence-corrected chi connectivity index (χ2v) is 3.43. The van der Waals surface area contributed by atoms with Gasteiger partial charge in [-0.25, -0.2) is 0 Å². The van der Waals surface area contributed by atoms with Gasteiger partial charge in [0.2, 0.25) is 0 Å². The van der Waals surface area contributed by atoms with Crippen LogP contribution in [0.4, 0.5) is 0 Å². The highest BCUT2D eigenvalue weighted by Crippen LogP contribution is 2.15. The molecule has 0 aromatic heterocycles. The van der Waals surface area contributed by atoms with E-state index in [0.29, 0.717) is 0 Å². The molecule has 1 aliphatic heterocycles. The van der Waals surface area contributed by atoms with Crippen LogP contribution >= 0.6 is 0 Å². The summed E-state index contributed by atoms with van der Waals surface area (Å²) in [5.74, 6) is 0.344. The van der Waals surface area contributed by atoms with Gasteiger partial charge in [0.15, 0.2) is 0 Å². The number of carbonyl (C=O) groups is 1. The molecule has 0 amide bonds. The number of likely N-dealkylation sites (N-methyl/N-ethyl adjacent to an activating group) is 1. The molecule has 0 saturated carbocycles. The Labute approximate surface area is 67.5 Å². The number of nitrogens with zero attached hydrogens (tertiary/aromatic N) is 1. The third kappa shape index (κ3) is 2.01. The first-order valence-electron chi connectivity index (χ1n) is 4.06. The van der Waals surface area contributed by atoms with Crippen molar-refractivity contribution in [3.63, 3.8) is 0 Å². The molecule has 0 spiro atoms. The van der Waals surface area contributed by atoms with E-state index in [4.69, 9.17) is 5.73 Å². The minimum absolute atomic E-state index is 0.0475. The van der Waals surface area contributed by atoms with Crippen molar-refractivity contribution in [1.29, 1.82) is 0 Å². The molecule has 1 aliphatic rings. The van der Waals surface area contributed by atoms with Gasteiger partial charge in [0.1, 0.15) is 5.78 Å². The Morgan fingerprint density at radius 1 is 1.64 bits per heavy atom. The van der Waals surface area contributed by atoms with E-state index in [0.717, 1.165) is 19.5 Å². The van der Waals surface area contributed by atoms with Crippen LogP contribution in [0.3, 0.4) is 0 Å². The Kier molecular flexibility index (Phi) is 2.62. The summed E-state index contributed by atoms with van der Waals surface area (Å²) in [6.45, 7) is 3.48. The standard InChI is InChI=1S/C8H16N2O/c1-6(11)7-3-4-10(2)5-8(7)9/h7-8H,3-5,9H2,1-2H3/t7-,8-/m1/s1. The highest BCUT2D eigenvalue weighted by atomic mass is 16.1. The Balaban J connectivity index is 2.50. The van der Waals surface area contributed by atoms with Gasteiger partial charge >= 0.3 is 0 Å². The molecule has 1 rings (SSSR count). The molecule has 0 unspecified atom stereocenters. The van der Waals surface area contributed by atoms with Crippen LogP contribution in [-0.4, -0.2) is 36.9 Å². The number of piperidine rings is 1. The van der Waals surface area contributed by atoms with E-state index in [9.17, 15) is 4.79 Å². The zero-order valence-corrected chi connectivity index (χ0v) is 7.21. The lowest BCUT2D eigenvalue weighted by molar-refractivity contribution is -0.122. The summed E-state index contributed by atoms with van der Waals surface area (Å²) in [6.07, 6.45) is 0.924. The van der Waals surface area contributed by atoms with Gasteiger partial charge in [0.25, 0.3) is 0 Å². The molecule has 3 heteroatoms. The average Bonchev–Trinajstić information content (AvgIpc) is 1.85. The molecule has 2 N–H and O–H groups in total. The van der Waals surface area contributed by atoms with Gasteiger partial charge in [0.05, 0.1) is 0 Å². The third-order valence-electron chi connectivity index (χ3n) is 2.38. The van der Waals surface area contributed by atoms with Crippen molar-refractivity contribution in [2.24, 2.45) is 11.7 Å². The Morgan fingerprint density at radius 2 is 2.27 bits per heavy atom. The maximum atomic E-state index is 11.0. The second-order valence-electron chi connectivity index (χ2n) is 3.43. The van der Waals surface area contributed by atoms with Crippen LogP contribution < -0.4 is 5.73 Å². The SMILES string of the molecule is CC(=O)[C@H]1CCN(C)C[C@H]1N. The van der Waals surface area contributed by atoms with Crippen molar-refractivity contribution in [2.75, 3.05) is 20.1 Å². The van der Waals surface area contributed by atoms with E-state index in [1.165, 1.54) is 0 Å². The minimum atomic E-state index is 0.0475. The molecule has 2 atom stereocenters. The number of Topliss-reactive ketones (excluding diaryl/α,β-unsaturated/α-hetero) is 1. The lowest BCUT2D eigenvalue weighted by Gasteiger charge is -2.32. The van der Waals surface area contributed by atoms with E-state index in [1.807, 2.05) is 7.05 Å². The van der Waals surface area contributed by atoms with Crippen molar-refractivity contribution in [3.05, 3.63) is 0 Å². The number of hydrogen-bond acceptors (Lipinski definition) is 3. The lowest BCUT2D eigenvalue weighted by atomic mass is 9.89. The summed E-state index contributed by atoms with van der Waals surface area (Å²) >= 11 is 0. The normalized spacial score (nSPS) is 33.7. The van der Waals surface area contributed by atoms with Gasteiger partial charge in [-0.3, -0.25) is 4.79 Å². The maximum Gasteiger partial charge on any atom is 0.134 e. The highest BCUT2D eigenvalue weighted by Gasteiger charge is 2.27. The van der Waals surface area contributed by atoms with Gasteiger partial charge in [-0.1, -0.05) is 0 Å². The van der Waals surface area contributed by atoms with E-state index in [2.05, 4.69) is 4.90 Å². The van der Waals surface area contributed by atoms with Crippen molar-refractivity contribution in [3.8, 4) is 0 Å². The van der Waals surface area contributed by atoms with Crippen LogP contribution in [0.5, 0.6) is 0 Å². The van der Waals surface area contributed by atoms with Crippen LogP contribution in [0.15, 0.2) is 0 Å². The fourth-order valence-corrected chi connectivity index (χ4v) is 1.66. The van der Waals surface area contributed by atoms with E-state index in [1.54, 1.807) is 6.92 Å². The first kappa shape index (κ1) is 8.68. The lowest BCUT2D eigenvalue weighted by Crippen LogP contribution is -2.49. The Bertz CT molecular complexity index is 158. The van der Waals surface area contributed by atoms with E-state index in [-0.39, 0.29) is 17.7 Å². The molecule has 0 aromatic rings. The summed E-state index contributed by atoms with van der Waals surface area (Å²) in [5, 5.41) is 0. The summed E-state index contributed by atoms with van der Waals surface area (Å²) < 4.78 is 0. The molecule has 1 heterocycles. The summed E-state index contributed by atoms with van der Waals surface area (Å²) in [7, 11) is 2.04. The first-order chi connectivity index (χ1) is 5.11. The first-order valence-corrected chi connectivity index (χ1v) is 4.06. The van der Waals surface area contributed by atoms with E-state index >= 15 is 0 Å². The smallest absolute Gasteiger partial charge is 0.134 e. The fraction of sp³-hybridized carbons (Fsp3) is 0.875. The van der Waals surface area contributed by atoms with Crippen LogP contribution in [-0.2, 0) is 4.79 Å².